The van der Waals surface area contributed by atoms with Crippen LogP contribution in [0, 0.1) is 5.92 Å². The number of nitrogens with one attached hydrogen (secondary N) is 1. The van der Waals surface area contributed by atoms with Crippen LogP contribution in [-0.2, 0) is 6.54 Å². The molecule has 0 spiro atoms. The Kier molecular flexibility index (Phi) is 3.47. The molecule has 0 saturated heterocycles. The minimum atomic E-state index is 0.821. The molecule has 1 N–H and O–H groups in total. The highest BCUT2D eigenvalue weighted by atomic mass is 35.5. The number of halogens is 1. The lowest BCUT2D eigenvalue weighted by molar-refractivity contribution is 0.637. The van der Waals surface area contributed by atoms with E-state index in [1.54, 1.807) is 22.7 Å². The van der Waals surface area contributed by atoms with Crippen LogP contribution in [0.1, 0.15) is 17.8 Å². The average Bonchev–Trinajstić information content (AvgIpc) is 2.85. The van der Waals surface area contributed by atoms with E-state index >= 15 is 0 Å². The van der Waals surface area contributed by atoms with Crippen molar-refractivity contribution in [3.05, 3.63) is 26.9 Å². The molecule has 1 aliphatic carbocycles. The summed E-state index contributed by atoms with van der Waals surface area (Å²) in [6, 6.07) is 3.95. The molecule has 90 valence electrons. The van der Waals surface area contributed by atoms with Crippen LogP contribution in [0.2, 0.25) is 4.34 Å². The summed E-state index contributed by atoms with van der Waals surface area (Å²) >= 11 is 9.22. The minimum absolute atomic E-state index is 0.821. The van der Waals surface area contributed by atoms with Crippen LogP contribution in [-0.4, -0.2) is 11.5 Å². The molecule has 0 radical (unpaired) electrons. The number of aromatic nitrogens is 1. The number of hydrogen-bond acceptors (Lipinski definition) is 4. The Balaban J connectivity index is 1.61. The number of rotatable bonds is 5. The Morgan fingerprint density at radius 1 is 1.41 bits per heavy atom. The summed E-state index contributed by atoms with van der Waals surface area (Å²) in [6.07, 6.45) is 2.79. The van der Waals surface area contributed by atoms with Gasteiger partial charge in [-0.05, 0) is 37.4 Å². The van der Waals surface area contributed by atoms with Crippen LogP contribution in [0.4, 0.5) is 0 Å². The molecule has 0 aromatic carbocycles. The summed E-state index contributed by atoms with van der Waals surface area (Å²) < 4.78 is 0.821. The largest absolute Gasteiger partial charge is 0.310 e. The van der Waals surface area contributed by atoms with Gasteiger partial charge in [-0.25, -0.2) is 4.98 Å². The third-order valence-corrected chi connectivity index (χ3v) is 4.89. The molecule has 2 aromatic rings. The van der Waals surface area contributed by atoms with Gasteiger partial charge in [0.2, 0.25) is 0 Å². The minimum Gasteiger partial charge on any atom is -0.310 e. The Bertz CT molecular complexity index is 502. The zero-order valence-corrected chi connectivity index (χ0v) is 11.7. The monoisotopic (exact) mass is 284 g/mol. The van der Waals surface area contributed by atoms with E-state index in [1.807, 2.05) is 12.1 Å². The van der Waals surface area contributed by atoms with Gasteiger partial charge in [-0.15, -0.1) is 22.7 Å². The van der Waals surface area contributed by atoms with E-state index in [0.29, 0.717) is 0 Å². The van der Waals surface area contributed by atoms with Crippen LogP contribution in [0.3, 0.4) is 0 Å². The molecule has 2 aromatic heterocycles. The fourth-order valence-electron chi connectivity index (χ4n) is 1.66. The molecule has 0 aliphatic heterocycles. The maximum absolute atomic E-state index is 5.92. The fourth-order valence-corrected chi connectivity index (χ4v) is 3.50. The second-order valence-corrected chi connectivity index (χ2v) is 6.96. The molecule has 0 unspecified atom stereocenters. The normalized spacial score (nSPS) is 15.4. The molecule has 0 bridgehead atoms. The van der Waals surface area contributed by atoms with Crippen molar-refractivity contribution in [2.45, 2.75) is 19.4 Å². The first-order valence-electron chi connectivity index (χ1n) is 5.72. The van der Waals surface area contributed by atoms with Gasteiger partial charge in [-0.1, -0.05) is 11.6 Å². The highest BCUT2D eigenvalue weighted by molar-refractivity contribution is 7.19. The SMILES string of the molecule is Clc1ccc(-c2csc(CNCC3CC3)n2)s1. The van der Waals surface area contributed by atoms with Gasteiger partial charge >= 0.3 is 0 Å². The third-order valence-electron chi connectivity index (χ3n) is 2.78. The first kappa shape index (κ1) is 11.7. The van der Waals surface area contributed by atoms with Gasteiger partial charge in [0.15, 0.2) is 0 Å². The van der Waals surface area contributed by atoms with Crippen LogP contribution < -0.4 is 5.32 Å². The van der Waals surface area contributed by atoms with Crippen molar-refractivity contribution in [3.8, 4) is 10.6 Å². The second kappa shape index (κ2) is 5.06. The Morgan fingerprint density at radius 2 is 2.29 bits per heavy atom. The van der Waals surface area contributed by atoms with Gasteiger partial charge in [0, 0.05) is 11.9 Å². The molecule has 17 heavy (non-hydrogen) atoms. The van der Waals surface area contributed by atoms with E-state index in [4.69, 9.17) is 11.6 Å². The fraction of sp³-hybridized carbons (Fsp3) is 0.417. The van der Waals surface area contributed by atoms with Crippen LogP contribution in [0.15, 0.2) is 17.5 Å². The van der Waals surface area contributed by atoms with E-state index in [1.165, 1.54) is 12.8 Å². The first-order chi connectivity index (χ1) is 8.31. The standard InChI is InChI=1S/C12H13ClN2S2/c13-11-4-3-10(17-11)9-7-16-12(15-9)6-14-5-8-1-2-8/h3-4,7-8,14H,1-2,5-6H2. The van der Waals surface area contributed by atoms with Gasteiger partial charge in [-0.3, -0.25) is 0 Å². The maximum Gasteiger partial charge on any atom is 0.107 e. The number of thiazole rings is 1. The predicted octanol–water partition coefficient (Wildman–Crippen LogP) is 4.02. The third kappa shape index (κ3) is 3.07. The Labute approximate surface area is 114 Å². The summed E-state index contributed by atoms with van der Waals surface area (Å²) in [6.45, 7) is 2.03. The maximum atomic E-state index is 5.92. The number of nitrogens with zero attached hydrogens (tertiary/aromatic N) is 1. The van der Waals surface area contributed by atoms with E-state index < -0.39 is 0 Å². The molecule has 2 heterocycles. The molecule has 1 saturated carbocycles. The average molecular weight is 285 g/mol. The lowest BCUT2D eigenvalue weighted by Crippen LogP contribution is -2.15. The van der Waals surface area contributed by atoms with E-state index in [2.05, 4.69) is 15.7 Å². The van der Waals surface area contributed by atoms with Gasteiger partial charge in [0.05, 0.1) is 14.9 Å². The van der Waals surface area contributed by atoms with Gasteiger partial charge in [0.25, 0.3) is 0 Å². The molecular formula is C12H13ClN2S2. The van der Waals surface area contributed by atoms with Crippen molar-refractivity contribution in [3.63, 3.8) is 0 Å². The lowest BCUT2D eigenvalue weighted by atomic mass is 10.4. The number of hydrogen-bond donors (Lipinski definition) is 1. The van der Waals surface area contributed by atoms with Crippen molar-refractivity contribution in [2.75, 3.05) is 6.54 Å². The summed E-state index contributed by atoms with van der Waals surface area (Å²) in [5, 5.41) is 6.72. The van der Waals surface area contributed by atoms with Crippen LogP contribution >= 0.6 is 34.3 Å². The summed E-state index contributed by atoms with van der Waals surface area (Å²) in [5.41, 5.74) is 1.05. The topological polar surface area (TPSA) is 24.9 Å². The summed E-state index contributed by atoms with van der Waals surface area (Å²) in [7, 11) is 0. The summed E-state index contributed by atoms with van der Waals surface area (Å²) in [4.78, 5) is 5.77. The van der Waals surface area contributed by atoms with Crippen molar-refractivity contribution in [2.24, 2.45) is 5.92 Å². The van der Waals surface area contributed by atoms with Gasteiger partial charge in [0.1, 0.15) is 5.01 Å². The number of thiophene rings is 1. The molecule has 3 rings (SSSR count). The zero-order valence-electron chi connectivity index (χ0n) is 9.28. The molecule has 5 heteroatoms. The van der Waals surface area contributed by atoms with E-state index in [-0.39, 0.29) is 0 Å². The molecule has 2 nitrogen and oxygen atoms in total. The van der Waals surface area contributed by atoms with Crippen molar-refractivity contribution in [1.29, 1.82) is 0 Å². The quantitative estimate of drug-likeness (QED) is 0.897. The predicted molar refractivity (Wildman–Crippen MR) is 74.9 cm³/mol. The highest BCUT2D eigenvalue weighted by Gasteiger charge is 2.20. The molecule has 1 aliphatic rings. The van der Waals surface area contributed by atoms with Crippen LogP contribution in [0.25, 0.3) is 10.6 Å². The highest BCUT2D eigenvalue weighted by Crippen LogP contribution is 2.31. The molecule has 0 atom stereocenters. The summed E-state index contributed by atoms with van der Waals surface area (Å²) in [5.74, 6) is 0.922. The van der Waals surface area contributed by atoms with Gasteiger partial charge in [-0.2, -0.15) is 0 Å². The van der Waals surface area contributed by atoms with Gasteiger partial charge < -0.3 is 5.32 Å². The first-order valence-corrected chi connectivity index (χ1v) is 7.79. The Hall–Kier alpha value is -0.420. The second-order valence-electron chi connectivity index (χ2n) is 4.30. The van der Waals surface area contributed by atoms with Crippen molar-refractivity contribution >= 4 is 34.3 Å². The Morgan fingerprint density at radius 3 is 3.00 bits per heavy atom. The molecule has 0 amide bonds. The van der Waals surface area contributed by atoms with E-state index in [9.17, 15) is 0 Å². The zero-order chi connectivity index (χ0) is 11.7. The molecular weight excluding hydrogens is 272 g/mol. The lowest BCUT2D eigenvalue weighted by Gasteiger charge is -1.98. The van der Waals surface area contributed by atoms with E-state index in [0.717, 1.165) is 38.9 Å². The van der Waals surface area contributed by atoms with Crippen molar-refractivity contribution < 1.29 is 0 Å². The van der Waals surface area contributed by atoms with Crippen molar-refractivity contribution in [1.82, 2.24) is 10.3 Å². The van der Waals surface area contributed by atoms with Crippen LogP contribution in [0.5, 0.6) is 0 Å². The smallest absolute Gasteiger partial charge is 0.107 e. The molecule has 1 fully saturated rings.